The van der Waals surface area contributed by atoms with Gasteiger partial charge in [0.2, 0.25) is 0 Å². The molecule has 0 unspecified atom stereocenters. The Bertz CT molecular complexity index is 277. The molecule has 0 fully saturated rings. The molecule has 0 saturated carbocycles. The molecule has 0 aliphatic carbocycles. The van der Waals surface area contributed by atoms with Gasteiger partial charge >= 0.3 is 0 Å². The Morgan fingerprint density at radius 1 is 1.67 bits per heavy atom. The fourth-order valence-corrected chi connectivity index (χ4v) is 0.813. The first-order chi connectivity index (χ1) is 5.84. The minimum Gasteiger partial charge on any atom is -0.323 e. The summed E-state index contributed by atoms with van der Waals surface area (Å²) in [6, 6.07) is 5.15. The van der Waals surface area contributed by atoms with Crippen molar-refractivity contribution in [2.24, 2.45) is 10.8 Å². The molecule has 12 heavy (non-hydrogen) atoms. The van der Waals surface area contributed by atoms with Crippen molar-refractivity contribution in [1.82, 2.24) is 4.98 Å². The average Bonchev–Trinajstić information content (AvgIpc) is 2.15. The van der Waals surface area contributed by atoms with Crippen molar-refractivity contribution in [2.75, 3.05) is 6.54 Å². The standard InChI is InChI=1S/C7H9N5/c8-6(5-11-12-9)7-3-1-2-4-10-7/h1-4,6H,5,8H2/t6-/m1/s1. The molecule has 0 saturated heterocycles. The van der Waals surface area contributed by atoms with E-state index in [2.05, 4.69) is 15.0 Å². The Morgan fingerprint density at radius 2 is 2.50 bits per heavy atom. The van der Waals surface area contributed by atoms with E-state index in [0.29, 0.717) is 0 Å². The van der Waals surface area contributed by atoms with E-state index in [1.165, 1.54) is 0 Å². The van der Waals surface area contributed by atoms with Crippen LogP contribution in [0.5, 0.6) is 0 Å². The van der Waals surface area contributed by atoms with Gasteiger partial charge in [0.15, 0.2) is 0 Å². The lowest BCUT2D eigenvalue weighted by Gasteiger charge is -2.05. The molecule has 0 amide bonds. The van der Waals surface area contributed by atoms with Gasteiger partial charge in [-0.1, -0.05) is 11.2 Å². The summed E-state index contributed by atoms with van der Waals surface area (Å²) < 4.78 is 0. The highest BCUT2D eigenvalue weighted by Gasteiger charge is 2.03. The predicted molar refractivity (Wildman–Crippen MR) is 45.2 cm³/mol. The van der Waals surface area contributed by atoms with Crippen LogP contribution in [0.4, 0.5) is 0 Å². The molecule has 0 spiro atoms. The second-order valence-corrected chi connectivity index (χ2v) is 2.27. The summed E-state index contributed by atoms with van der Waals surface area (Å²) in [5.41, 5.74) is 14.4. The first-order valence-corrected chi connectivity index (χ1v) is 3.52. The number of rotatable bonds is 3. The van der Waals surface area contributed by atoms with Crippen molar-refractivity contribution in [3.05, 3.63) is 40.5 Å². The highest BCUT2D eigenvalue weighted by atomic mass is 15.1. The largest absolute Gasteiger partial charge is 0.323 e. The molecule has 0 radical (unpaired) electrons. The maximum absolute atomic E-state index is 8.04. The number of nitrogens with zero attached hydrogens (tertiary/aromatic N) is 4. The van der Waals surface area contributed by atoms with Gasteiger partial charge in [0.05, 0.1) is 11.7 Å². The molecule has 5 heteroatoms. The van der Waals surface area contributed by atoms with Gasteiger partial charge in [-0.15, -0.1) is 0 Å². The molecule has 1 aromatic heterocycles. The van der Waals surface area contributed by atoms with Crippen LogP contribution in [-0.2, 0) is 0 Å². The van der Waals surface area contributed by atoms with Crippen molar-refractivity contribution in [3.63, 3.8) is 0 Å². The third-order valence-corrected chi connectivity index (χ3v) is 1.41. The van der Waals surface area contributed by atoms with Crippen molar-refractivity contribution in [1.29, 1.82) is 0 Å². The lowest BCUT2D eigenvalue weighted by Crippen LogP contribution is -2.14. The number of hydrogen-bond donors (Lipinski definition) is 1. The Morgan fingerprint density at radius 3 is 3.08 bits per heavy atom. The molecular weight excluding hydrogens is 154 g/mol. The highest BCUT2D eigenvalue weighted by molar-refractivity contribution is 5.08. The quantitative estimate of drug-likeness (QED) is 0.414. The minimum atomic E-state index is -0.304. The van der Waals surface area contributed by atoms with Gasteiger partial charge in [0, 0.05) is 17.7 Å². The third-order valence-electron chi connectivity index (χ3n) is 1.41. The van der Waals surface area contributed by atoms with Crippen LogP contribution in [0.15, 0.2) is 29.5 Å². The number of azide groups is 1. The van der Waals surface area contributed by atoms with E-state index >= 15 is 0 Å². The van der Waals surface area contributed by atoms with Crippen LogP contribution in [0.3, 0.4) is 0 Å². The van der Waals surface area contributed by atoms with Crippen LogP contribution in [0.1, 0.15) is 11.7 Å². The number of hydrogen-bond acceptors (Lipinski definition) is 3. The summed E-state index contributed by atoms with van der Waals surface area (Å²) in [5, 5.41) is 3.36. The zero-order valence-corrected chi connectivity index (χ0v) is 6.46. The zero-order chi connectivity index (χ0) is 8.81. The Hall–Kier alpha value is -1.58. The van der Waals surface area contributed by atoms with Crippen LogP contribution >= 0.6 is 0 Å². The highest BCUT2D eigenvalue weighted by Crippen LogP contribution is 2.05. The molecule has 0 bridgehead atoms. The third kappa shape index (κ3) is 2.23. The van der Waals surface area contributed by atoms with E-state index < -0.39 is 0 Å². The molecule has 0 aromatic carbocycles. The summed E-state index contributed by atoms with van der Waals surface area (Å²) >= 11 is 0. The second-order valence-electron chi connectivity index (χ2n) is 2.27. The van der Waals surface area contributed by atoms with Gasteiger partial charge in [0.1, 0.15) is 0 Å². The van der Waals surface area contributed by atoms with Crippen molar-refractivity contribution >= 4 is 0 Å². The van der Waals surface area contributed by atoms with Crippen molar-refractivity contribution in [2.45, 2.75) is 6.04 Å². The topological polar surface area (TPSA) is 87.7 Å². The lowest BCUT2D eigenvalue weighted by atomic mass is 10.2. The molecule has 1 rings (SSSR count). The summed E-state index contributed by atoms with van der Waals surface area (Å²) in [7, 11) is 0. The first kappa shape index (κ1) is 8.52. The van der Waals surface area contributed by atoms with Gasteiger partial charge in [-0.05, 0) is 17.7 Å². The molecule has 1 aromatic rings. The van der Waals surface area contributed by atoms with E-state index in [1.807, 2.05) is 12.1 Å². The molecule has 2 N–H and O–H groups in total. The predicted octanol–water partition coefficient (Wildman–Crippen LogP) is 1.39. The molecule has 0 aliphatic rings. The molecule has 0 aliphatic heterocycles. The maximum atomic E-state index is 8.04. The maximum Gasteiger partial charge on any atom is 0.0572 e. The van der Waals surface area contributed by atoms with Crippen LogP contribution in [0.25, 0.3) is 10.4 Å². The smallest absolute Gasteiger partial charge is 0.0572 e. The number of pyridine rings is 1. The number of aromatic nitrogens is 1. The van der Waals surface area contributed by atoms with Gasteiger partial charge in [-0.25, -0.2) is 0 Å². The van der Waals surface area contributed by atoms with Gasteiger partial charge < -0.3 is 5.73 Å². The lowest BCUT2D eigenvalue weighted by molar-refractivity contribution is 0.708. The molecular formula is C7H9N5. The Kier molecular flexibility index (Phi) is 3.07. The molecule has 62 valence electrons. The fourth-order valence-electron chi connectivity index (χ4n) is 0.813. The Balaban J connectivity index is 2.65. The monoisotopic (exact) mass is 163 g/mol. The SMILES string of the molecule is [N-]=[N+]=NC[C@@H](N)c1ccccn1. The van der Waals surface area contributed by atoms with Crippen LogP contribution in [0, 0.1) is 0 Å². The number of nitrogens with two attached hydrogens (primary N) is 1. The van der Waals surface area contributed by atoms with Crippen LogP contribution < -0.4 is 5.73 Å². The molecule has 5 nitrogen and oxygen atoms in total. The van der Waals surface area contributed by atoms with Crippen LogP contribution in [-0.4, -0.2) is 11.5 Å². The van der Waals surface area contributed by atoms with Gasteiger partial charge in [-0.2, -0.15) is 0 Å². The van der Waals surface area contributed by atoms with E-state index in [9.17, 15) is 0 Å². The van der Waals surface area contributed by atoms with Crippen molar-refractivity contribution < 1.29 is 0 Å². The summed E-state index contributed by atoms with van der Waals surface area (Å²) in [6.07, 6.45) is 1.66. The fraction of sp³-hybridized carbons (Fsp3) is 0.286. The first-order valence-electron chi connectivity index (χ1n) is 3.52. The molecule has 1 heterocycles. The summed E-state index contributed by atoms with van der Waals surface area (Å²) in [4.78, 5) is 6.64. The average molecular weight is 163 g/mol. The normalized spacial score (nSPS) is 11.8. The van der Waals surface area contributed by atoms with Crippen LogP contribution in [0.2, 0.25) is 0 Å². The van der Waals surface area contributed by atoms with E-state index in [4.69, 9.17) is 11.3 Å². The zero-order valence-electron chi connectivity index (χ0n) is 6.46. The minimum absolute atomic E-state index is 0.244. The van der Waals surface area contributed by atoms with Gasteiger partial charge in [-0.3, -0.25) is 4.98 Å². The second kappa shape index (κ2) is 4.33. The van der Waals surface area contributed by atoms with Crippen molar-refractivity contribution in [3.8, 4) is 0 Å². The summed E-state index contributed by atoms with van der Waals surface area (Å²) in [5.74, 6) is 0. The molecule has 1 atom stereocenters. The van der Waals surface area contributed by atoms with E-state index in [1.54, 1.807) is 12.3 Å². The van der Waals surface area contributed by atoms with E-state index in [0.717, 1.165) is 5.69 Å². The summed E-state index contributed by atoms with van der Waals surface area (Å²) in [6.45, 7) is 0.244. The van der Waals surface area contributed by atoms with E-state index in [-0.39, 0.29) is 12.6 Å². The van der Waals surface area contributed by atoms with Gasteiger partial charge in [0.25, 0.3) is 0 Å². The Labute approximate surface area is 69.9 Å².